The summed E-state index contributed by atoms with van der Waals surface area (Å²) in [6, 6.07) is 4.10. The molecule has 1 saturated heterocycles. The van der Waals surface area contributed by atoms with Crippen molar-refractivity contribution < 1.29 is 5.11 Å². The highest BCUT2D eigenvalue weighted by Gasteiger charge is 2.31. The van der Waals surface area contributed by atoms with Crippen molar-refractivity contribution >= 4 is 17.4 Å². The van der Waals surface area contributed by atoms with Gasteiger partial charge in [0, 0.05) is 25.0 Å². The first-order chi connectivity index (χ1) is 9.18. The quantitative estimate of drug-likeness (QED) is 0.891. The van der Waals surface area contributed by atoms with E-state index in [1.54, 1.807) is 0 Å². The molecular formula is C14H19N3OS. The van der Waals surface area contributed by atoms with Crippen molar-refractivity contribution in [2.45, 2.75) is 25.5 Å². The minimum absolute atomic E-state index is 0.527. The predicted molar refractivity (Wildman–Crippen MR) is 78.5 cm³/mol. The molecular weight excluding hydrogens is 258 g/mol. The third-order valence-corrected chi connectivity index (χ3v) is 4.88. The van der Waals surface area contributed by atoms with Crippen LogP contribution in [0.25, 0.3) is 5.65 Å². The van der Waals surface area contributed by atoms with Crippen LogP contribution in [0.2, 0.25) is 0 Å². The maximum atomic E-state index is 10.3. The van der Waals surface area contributed by atoms with E-state index in [1.807, 2.05) is 30.2 Å². The Bertz CT molecular complexity index is 575. The molecule has 1 fully saturated rings. The average Bonchev–Trinajstić information content (AvgIpc) is 2.98. The molecule has 2 aromatic rings. The minimum Gasteiger partial charge on any atom is -0.388 e. The number of aliphatic hydroxyl groups is 1. The van der Waals surface area contributed by atoms with E-state index < -0.39 is 5.60 Å². The number of aryl methyl sites for hydroxylation is 1. The molecule has 2 N–H and O–H groups in total. The normalized spacial score (nSPS) is 23.3. The number of hydrogen-bond acceptors (Lipinski definition) is 4. The van der Waals surface area contributed by atoms with Gasteiger partial charge >= 0.3 is 0 Å². The van der Waals surface area contributed by atoms with Gasteiger partial charge in [-0.15, -0.1) is 0 Å². The van der Waals surface area contributed by atoms with Crippen LogP contribution in [0.3, 0.4) is 0 Å². The smallest absolute Gasteiger partial charge is 0.139 e. The van der Waals surface area contributed by atoms with Crippen LogP contribution in [0.4, 0.5) is 0 Å². The number of thioether (sulfide) groups is 1. The van der Waals surface area contributed by atoms with Crippen LogP contribution in [-0.2, 0) is 6.54 Å². The van der Waals surface area contributed by atoms with Crippen LogP contribution < -0.4 is 5.32 Å². The summed E-state index contributed by atoms with van der Waals surface area (Å²) < 4.78 is 2.11. The lowest BCUT2D eigenvalue weighted by Crippen LogP contribution is -2.40. The number of rotatable bonds is 4. The van der Waals surface area contributed by atoms with Gasteiger partial charge in [0.2, 0.25) is 0 Å². The molecule has 0 radical (unpaired) electrons. The molecule has 0 saturated carbocycles. The average molecular weight is 277 g/mol. The lowest BCUT2D eigenvalue weighted by atomic mass is 10.0. The summed E-state index contributed by atoms with van der Waals surface area (Å²) in [6.45, 7) is 3.45. The Morgan fingerprint density at radius 2 is 2.47 bits per heavy atom. The van der Waals surface area contributed by atoms with Crippen LogP contribution in [0.5, 0.6) is 0 Å². The standard InChI is InChI=1S/C14H19N3OS/c1-11-3-2-5-17-12(8-16-13(11)17)7-15-9-14(18)4-6-19-10-14/h2-3,5,8,15,18H,4,6-7,9-10H2,1H3. The predicted octanol–water partition coefficient (Wildman–Crippen LogP) is 1.60. The van der Waals surface area contributed by atoms with Gasteiger partial charge in [-0.05, 0) is 30.7 Å². The zero-order valence-electron chi connectivity index (χ0n) is 11.1. The summed E-state index contributed by atoms with van der Waals surface area (Å²) in [5.41, 5.74) is 2.79. The molecule has 1 atom stereocenters. The molecule has 0 spiro atoms. The van der Waals surface area contributed by atoms with Crippen LogP contribution in [0.1, 0.15) is 17.7 Å². The van der Waals surface area contributed by atoms with Crippen molar-refractivity contribution in [1.82, 2.24) is 14.7 Å². The van der Waals surface area contributed by atoms with E-state index in [0.717, 1.165) is 35.8 Å². The van der Waals surface area contributed by atoms with Crippen LogP contribution in [0, 0.1) is 6.92 Å². The number of nitrogens with one attached hydrogen (secondary N) is 1. The number of imidazole rings is 1. The first-order valence-corrected chi connectivity index (χ1v) is 7.76. The van der Waals surface area contributed by atoms with Crippen molar-refractivity contribution in [2.75, 3.05) is 18.1 Å². The summed E-state index contributed by atoms with van der Waals surface area (Å²) in [4.78, 5) is 4.44. The maximum Gasteiger partial charge on any atom is 0.139 e. The highest BCUT2D eigenvalue weighted by molar-refractivity contribution is 7.99. The lowest BCUT2D eigenvalue weighted by molar-refractivity contribution is 0.0673. The summed E-state index contributed by atoms with van der Waals surface area (Å²) in [5, 5.41) is 13.6. The molecule has 2 aromatic heterocycles. The fourth-order valence-electron chi connectivity index (χ4n) is 2.49. The Morgan fingerprint density at radius 3 is 3.26 bits per heavy atom. The Kier molecular flexibility index (Phi) is 3.52. The van der Waals surface area contributed by atoms with E-state index in [2.05, 4.69) is 27.7 Å². The zero-order valence-corrected chi connectivity index (χ0v) is 11.9. The van der Waals surface area contributed by atoms with Crippen LogP contribution in [0.15, 0.2) is 24.5 Å². The molecule has 1 aliphatic heterocycles. The number of aromatic nitrogens is 2. The molecule has 0 aromatic carbocycles. The first-order valence-electron chi connectivity index (χ1n) is 6.60. The molecule has 1 aliphatic rings. The van der Waals surface area contributed by atoms with Crippen molar-refractivity contribution in [1.29, 1.82) is 0 Å². The lowest BCUT2D eigenvalue weighted by Gasteiger charge is -2.21. The van der Waals surface area contributed by atoms with Crippen molar-refractivity contribution in [3.8, 4) is 0 Å². The Labute approximate surface area is 117 Å². The van der Waals surface area contributed by atoms with Crippen molar-refractivity contribution in [3.63, 3.8) is 0 Å². The van der Waals surface area contributed by atoms with Crippen molar-refractivity contribution in [3.05, 3.63) is 35.8 Å². The zero-order chi connectivity index (χ0) is 13.3. The highest BCUT2D eigenvalue weighted by Crippen LogP contribution is 2.27. The number of hydrogen-bond donors (Lipinski definition) is 2. The fraction of sp³-hybridized carbons (Fsp3) is 0.500. The highest BCUT2D eigenvalue weighted by atomic mass is 32.2. The number of nitrogens with zero attached hydrogens (tertiary/aromatic N) is 2. The third kappa shape index (κ3) is 2.63. The largest absolute Gasteiger partial charge is 0.388 e. The van der Waals surface area contributed by atoms with Gasteiger partial charge in [-0.3, -0.25) is 0 Å². The summed E-state index contributed by atoms with van der Waals surface area (Å²) >= 11 is 1.83. The second-order valence-electron chi connectivity index (χ2n) is 5.26. The van der Waals surface area contributed by atoms with Gasteiger partial charge in [0.05, 0.1) is 17.5 Å². The fourth-order valence-corrected chi connectivity index (χ4v) is 3.79. The monoisotopic (exact) mass is 277 g/mol. The molecule has 1 unspecified atom stereocenters. The second kappa shape index (κ2) is 5.15. The summed E-state index contributed by atoms with van der Waals surface area (Å²) in [7, 11) is 0. The van der Waals surface area contributed by atoms with Gasteiger partial charge in [0.15, 0.2) is 0 Å². The molecule has 3 heterocycles. The minimum atomic E-state index is -0.527. The third-order valence-electron chi connectivity index (χ3n) is 3.65. The number of pyridine rings is 1. The maximum absolute atomic E-state index is 10.3. The molecule has 4 nitrogen and oxygen atoms in total. The van der Waals surface area contributed by atoms with E-state index >= 15 is 0 Å². The Hall–Kier alpha value is -1.04. The van der Waals surface area contributed by atoms with Crippen molar-refractivity contribution in [2.24, 2.45) is 0 Å². The molecule has 5 heteroatoms. The first kappa shape index (κ1) is 13.0. The van der Waals surface area contributed by atoms with Gasteiger partial charge < -0.3 is 14.8 Å². The van der Waals surface area contributed by atoms with E-state index in [4.69, 9.17) is 0 Å². The topological polar surface area (TPSA) is 49.6 Å². The summed E-state index contributed by atoms with van der Waals surface area (Å²) in [5.74, 6) is 1.90. The second-order valence-corrected chi connectivity index (χ2v) is 6.37. The van der Waals surface area contributed by atoms with E-state index in [1.165, 1.54) is 5.56 Å². The van der Waals surface area contributed by atoms with Gasteiger partial charge in [-0.2, -0.15) is 11.8 Å². The molecule has 0 aliphatic carbocycles. The van der Waals surface area contributed by atoms with Gasteiger partial charge in [0.1, 0.15) is 5.65 Å². The SMILES string of the molecule is Cc1cccn2c(CNCC3(O)CCSC3)cnc12. The van der Waals surface area contributed by atoms with E-state index in [-0.39, 0.29) is 0 Å². The molecule has 0 bridgehead atoms. The van der Waals surface area contributed by atoms with E-state index in [9.17, 15) is 5.11 Å². The number of fused-ring (bicyclic) bond motifs is 1. The van der Waals surface area contributed by atoms with Gasteiger partial charge in [0.25, 0.3) is 0 Å². The Morgan fingerprint density at radius 1 is 1.58 bits per heavy atom. The molecule has 0 amide bonds. The van der Waals surface area contributed by atoms with E-state index in [0.29, 0.717) is 6.54 Å². The Balaban J connectivity index is 1.67. The molecule has 102 valence electrons. The van der Waals surface area contributed by atoms with Crippen LogP contribution in [-0.4, -0.2) is 38.1 Å². The molecule has 3 rings (SSSR count). The summed E-state index contributed by atoms with van der Waals surface area (Å²) in [6.07, 6.45) is 4.83. The van der Waals surface area contributed by atoms with Gasteiger partial charge in [-0.25, -0.2) is 4.98 Å². The van der Waals surface area contributed by atoms with Crippen LogP contribution >= 0.6 is 11.8 Å². The van der Waals surface area contributed by atoms with Gasteiger partial charge in [-0.1, -0.05) is 6.07 Å². The molecule has 19 heavy (non-hydrogen) atoms.